The van der Waals surface area contributed by atoms with E-state index in [4.69, 9.17) is 0 Å². The molecule has 0 bridgehead atoms. The number of anilines is 1. The zero-order valence-corrected chi connectivity index (χ0v) is 15.3. The fraction of sp³-hybridized carbons (Fsp3) is 0.500. The van der Waals surface area contributed by atoms with Gasteiger partial charge in [-0.2, -0.15) is 0 Å². The van der Waals surface area contributed by atoms with Crippen molar-refractivity contribution in [2.24, 2.45) is 5.92 Å². The van der Waals surface area contributed by atoms with Crippen LogP contribution in [-0.2, 0) is 9.59 Å². The van der Waals surface area contributed by atoms with Gasteiger partial charge in [-0.1, -0.05) is 25.8 Å². The molecule has 2 unspecified atom stereocenters. The average molecular weight is 374 g/mol. The van der Waals surface area contributed by atoms with Gasteiger partial charge in [0.1, 0.15) is 12.1 Å². The number of nitro groups is 1. The minimum atomic E-state index is -0.918. The molecule has 144 valence electrons. The Hall–Kier alpha value is -2.97. The second kappa shape index (κ2) is 6.98. The monoisotopic (exact) mass is 374 g/mol. The molecule has 0 radical (unpaired) electrons. The van der Waals surface area contributed by atoms with Gasteiger partial charge in [0.15, 0.2) is 0 Å². The summed E-state index contributed by atoms with van der Waals surface area (Å²) in [4.78, 5) is 48.9. The lowest BCUT2D eigenvalue weighted by Crippen LogP contribution is -2.54. The lowest BCUT2D eigenvalue weighted by atomic mass is 9.73. The van der Waals surface area contributed by atoms with Gasteiger partial charge in [-0.3, -0.25) is 24.6 Å². The van der Waals surface area contributed by atoms with Crippen LogP contribution >= 0.6 is 0 Å². The number of hydrogen-bond donors (Lipinski definition) is 2. The zero-order chi connectivity index (χ0) is 19.8. The van der Waals surface area contributed by atoms with Gasteiger partial charge >= 0.3 is 6.03 Å². The SMILES string of the molecule is Cc1ccc(NC(=O)CN2C(=O)NC3(CCCCC3C)C2=O)cc1[N+](=O)[O-]. The standard InChI is InChI=1S/C18H22N4O5/c1-11-6-7-13(9-14(11)22(26)27)19-15(23)10-21-16(24)18(20-17(21)25)8-4-3-5-12(18)2/h6-7,9,12H,3-5,8,10H2,1-2H3,(H,19,23)(H,20,25). The van der Waals surface area contributed by atoms with E-state index in [1.165, 1.54) is 18.2 Å². The van der Waals surface area contributed by atoms with Crippen molar-refractivity contribution in [2.45, 2.75) is 45.1 Å². The highest BCUT2D eigenvalue weighted by molar-refractivity contribution is 6.10. The van der Waals surface area contributed by atoms with Crippen LogP contribution in [0.1, 0.15) is 38.2 Å². The lowest BCUT2D eigenvalue weighted by molar-refractivity contribution is -0.385. The Morgan fingerprint density at radius 1 is 1.41 bits per heavy atom. The molecular weight excluding hydrogens is 352 g/mol. The van der Waals surface area contributed by atoms with Crippen molar-refractivity contribution < 1.29 is 19.3 Å². The third kappa shape index (κ3) is 3.36. The molecule has 1 saturated carbocycles. The van der Waals surface area contributed by atoms with E-state index in [-0.39, 0.29) is 23.2 Å². The van der Waals surface area contributed by atoms with Crippen LogP contribution in [0.2, 0.25) is 0 Å². The summed E-state index contributed by atoms with van der Waals surface area (Å²) in [6, 6.07) is 3.75. The van der Waals surface area contributed by atoms with E-state index in [9.17, 15) is 24.5 Å². The number of aryl methyl sites for hydroxylation is 1. The molecule has 1 saturated heterocycles. The van der Waals surface area contributed by atoms with Crippen molar-refractivity contribution in [3.8, 4) is 0 Å². The first-order valence-corrected chi connectivity index (χ1v) is 8.93. The summed E-state index contributed by atoms with van der Waals surface area (Å²) in [5.41, 5.74) is -0.318. The summed E-state index contributed by atoms with van der Waals surface area (Å²) >= 11 is 0. The Kier molecular flexibility index (Phi) is 4.86. The van der Waals surface area contributed by atoms with Gasteiger partial charge in [0.25, 0.3) is 11.6 Å². The molecule has 4 amide bonds. The Labute approximate surface area is 156 Å². The van der Waals surface area contributed by atoms with E-state index in [1.807, 2.05) is 6.92 Å². The van der Waals surface area contributed by atoms with Gasteiger partial charge in [0.2, 0.25) is 5.91 Å². The molecule has 1 aromatic rings. The number of nitro benzene ring substituents is 1. The number of benzene rings is 1. The van der Waals surface area contributed by atoms with Gasteiger partial charge in [0.05, 0.1) is 4.92 Å². The molecule has 1 spiro atoms. The number of carbonyl (C=O) groups excluding carboxylic acids is 3. The third-order valence-electron chi connectivity index (χ3n) is 5.49. The highest BCUT2D eigenvalue weighted by atomic mass is 16.6. The number of nitrogens with zero attached hydrogens (tertiary/aromatic N) is 2. The van der Waals surface area contributed by atoms with Crippen molar-refractivity contribution in [1.82, 2.24) is 10.2 Å². The van der Waals surface area contributed by atoms with Gasteiger partial charge in [-0.15, -0.1) is 0 Å². The Bertz CT molecular complexity index is 824. The van der Waals surface area contributed by atoms with Crippen LogP contribution in [0.5, 0.6) is 0 Å². The Morgan fingerprint density at radius 2 is 2.15 bits per heavy atom. The molecular formula is C18H22N4O5. The smallest absolute Gasteiger partial charge is 0.324 e. The number of carbonyl (C=O) groups is 3. The number of rotatable bonds is 4. The molecule has 9 heteroatoms. The molecule has 2 N–H and O–H groups in total. The highest BCUT2D eigenvalue weighted by Crippen LogP contribution is 2.38. The quantitative estimate of drug-likeness (QED) is 0.476. The highest BCUT2D eigenvalue weighted by Gasteiger charge is 2.55. The summed E-state index contributed by atoms with van der Waals surface area (Å²) in [5, 5.41) is 16.3. The van der Waals surface area contributed by atoms with E-state index in [1.54, 1.807) is 6.92 Å². The van der Waals surface area contributed by atoms with Crippen molar-refractivity contribution in [3.63, 3.8) is 0 Å². The number of amides is 4. The normalized spacial score (nSPS) is 24.8. The predicted octanol–water partition coefficient (Wildman–Crippen LogP) is 2.34. The summed E-state index contributed by atoms with van der Waals surface area (Å²) in [6.07, 6.45) is 3.28. The van der Waals surface area contributed by atoms with Gasteiger partial charge < -0.3 is 10.6 Å². The first-order chi connectivity index (χ1) is 12.7. The van der Waals surface area contributed by atoms with Crippen LogP contribution < -0.4 is 10.6 Å². The molecule has 1 heterocycles. The molecule has 9 nitrogen and oxygen atoms in total. The third-order valence-corrected chi connectivity index (χ3v) is 5.49. The molecule has 27 heavy (non-hydrogen) atoms. The Balaban J connectivity index is 1.71. The second-order valence-electron chi connectivity index (χ2n) is 7.25. The molecule has 1 aliphatic carbocycles. The maximum atomic E-state index is 12.9. The number of urea groups is 1. The number of nitrogens with one attached hydrogen (secondary N) is 2. The van der Waals surface area contributed by atoms with Crippen molar-refractivity contribution in [1.29, 1.82) is 0 Å². The fourth-order valence-electron chi connectivity index (χ4n) is 3.87. The van der Waals surface area contributed by atoms with E-state index < -0.39 is 28.9 Å². The maximum Gasteiger partial charge on any atom is 0.325 e. The largest absolute Gasteiger partial charge is 0.325 e. The lowest BCUT2D eigenvalue weighted by Gasteiger charge is -2.36. The van der Waals surface area contributed by atoms with E-state index >= 15 is 0 Å². The molecule has 2 aliphatic rings. The molecule has 0 aromatic heterocycles. The summed E-state index contributed by atoms with van der Waals surface area (Å²) < 4.78 is 0. The van der Waals surface area contributed by atoms with E-state index in [2.05, 4.69) is 10.6 Å². The fourth-order valence-corrected chi connectivity index (χ4v) is 3.87. The van der Waals surface area contributed by atoms with Gasteiger partial charge in [0, 0.05) is 17.3 Å². The first-order valence-electron chi connectivity index (χ1n) is 8.93. The minimum absolute atomic E-state index is 0.00973. The van der Waals surface area contributed by atoms with Crippen LogP contribution in [0.3, 0.4) is 0 Å². The van der Waals surface area contributed by atoms with Crippen LogP contribution in [0.15, 0.2) is 18.2 Å². The average Bonchev–Trinajstić information content (AvgIpc) is 2.84. The van der Waals surface area contributed by atoms with Crippen molar-refractivity contribution in [2.75, 3.05) is 11.9 Å². The predicted molar refractivity (Wildman–Crippen MR) is 97.1 cm³/mol. The van der Waals surface area contributed by atoms with Crippen LogP contribution in [0.4, 0.5) is 16.2 Å². The maximum absolute atomic E-state index is 12.9. The topological polar surface area (TPSA) is 122 Å². The molecule has 1 aliphatic heterocycles. The zero-order valence-electron chi connectivity index (χ0n) is 15.3. The van der Waals surface area contributed by atoms with Crippen LogP contribution in [0, 0.1) is 23.0 Å². The van der Waals surface area contributed by atoms with Crippen LogP contribution in [-0.4, -0.2) is 39.8 Å². The number of hydrogen-bond acceptors (Lipinski definition) is 5. The Morgan fingerprint density at radius 3 is 2.81 bits per heavy atom. The van der Waals surface area contributed by atoms with E-state index in [0.717, 1.165) is 24.2 Å². The van der Waals surface area contributed by atoms with Gasteiger partial charge in [-0.05, 0) is 31.7 Å². The van der Waals surface area contributed by atoms with Crippen molar-refractivity contribution in [3.05, 3.63) is 33.9 Å². The van der Waals surface area contributed by atoms with Gasteiger partial charge in [-0.25, -0.2) is 4.79 Å². The first kappa shape index (κ1) is 18.8. The molecule has 3 rings (SSSR count). The molecule has 2 atom stereocenters. The van der Waals surface area contributed by atoms with E-state index in [0.29, 0.717) is 12.0 Å². The van der Waals surface area contributed by atoms with Crippen molar-refractivity contribution >= 4 is 29.2 Å². The second-order valence-corrected chi connectivity index (χ2v) is 7.25. The summed E-state index contributed by atoms with van der Waals surface area (Å²) in [5.74, 6) is -0.947. The molecule has 2 fully saturated rings. The van der Waals surface area contributed by atoms with Crippen LogP contribution in [0.25, 0.3) is 0 Å². The molecule has 1 aromatic carbocycles. The summed E-state index contributed by atoms with van der Waals surface area (Å²) in [6.45, 7) is 3.11. The number of imide groups is 1. The minimum Gasteiger partial charge on any atom is -0.324 e. The summed E-state index contributed by atoms with van der Waals surface area (Å²) in [7, 11) is 0.